The van der Waals surface area contributed by atoms with Gasteiger partial charge in [-0.1, -0.05) is 19.9 Å². The minimum atomic E-state index is -3.81. The number of primary sulfonamides is 1. The Morgan fingerprint density at radius 2 is 1.95 bits per heavy atom. The van der Waals surface area contributed by atoms with E-state index < -0.39 is 16.1 Å². The number of anilines is 1. The average molecular weight is 299 g/mol. The average Bonchev–Trinajstić information content (AvgIpc) is 2.29. The van der Waals surface area contributed by atoms with Gasteiger partial charge in [0.15, 0.2) is 0 Å². The zero-order chi connectivity index (χ0) is 15.5. The third kappa shape index (κ3) is 4.29. The second kappa shape index (κ2) is 6.34. The first kappa shape index (κ1) is 16.6. The van der Waals surface area contributed by atoms with Gasteiger partial charge in [-0.2, -0.15) is 0 Å². The molecule has 0 heterocycles. The summed E-state index contributed by atoms with van der Waals surface area (Å²) in [6, 6.07) is 3.90. The molecule has 1 aromatic carbocycles. The van der Waals surface area contributed by atoms with E-state index in [0.29, 0.717) is 23.6 Å². The Balaban J connectivity index is 2.97. The van der Waals surface area contributed by atoms with E-state index in [9.17, 15) is 13.2 Å². The molecule has 1 rings (SSSR count). The van der Waals surface area contributed by atoms with Gasteiger partial charge in [-0.05, 0) is 37.0 Å². The Kier molecular flexibility index (Phi) is 5.27. The molecule has 0 aliphatic carbocycles. The molecule has 112 valence electrons. The first-order valence-electron chi connectivity index (χ1n) is 6.31. The number of carbonyl (C=O) groups excluding carboxylic acids is 1. The topological polar surface area (TPSA) is 115 Å². The molecule has 7 heteroatoms. The highest BCUT2D eigenvalue weighted by atomic mass is 32.2. The normalized spacial score (nSPS) is 13.3. The quantitative estimate of drug-likeness (QED) is 0.750. The number of carbonyl (C=O) groups is 1. The van der Waals surface area contributed by atoms with Gasteiger partial charge in [0.1, 0.15) is 0 Å². The van der Waals surface area contributed by atoms with E-state index in [4.69, 9.17) is 10.9 Å². The van der Waals surface area contributed by atoms with Crippen molar-refractivity contribution in [3.05, 3.63) is 23.8 Å². The second-order valence-corrected chi connectivity index (χ2v) is 6.73. The molecule has 0 saturated heterocycles. The van der Waals surface area contributed by atoms with Crippen LogP contribution in [-0.2, 0) is 14.8 Å². The van der Waals surface area contributed by atoms with Crippen LogP contribution in [0.2, 0.25) is 0 Å². The summed E-state index contributed by atoms with van der Waals surface area (Å²) in [6.07, 6.45) is 0.555. The molecule has 0 spiro atoms. The fraction of sp³-hybridized carbons (Fsp3) is 0.462. The molecule has 6 nitrogen and oxygen atoms in total. The van der Waals surface area contributed by atoms with E-state index in [1.807, 2.05) is 13.8 Å². The highest BCUT2D eigenvalue weighted by Gasteiger charge is 2.18. The maximum Gasteiger partial charge on any atom is 0.241 e. The Morgan fingerprint density at radius 1 is 1.35 bits per heavy atom. The lowest BCUT2D eigenvalue weighted by atomic mass is 10.0. The zero-order valence-electron chi connectivity index (χ0n) is 11.9. The molecule has 0 radical (unpaired) electrons. The zero-order valence-corrected chi connectivity index (χ0v) is 12.7. The van der Waals surface area contributed by atoms with Crippen LogP contribution in [0, 0.1) is 12.8 Å². The van der Waals surface area contributed by atoms with E-state index in [2.05, 4.69) is 5.32 Å². The summed E-state index contributed by atoms with van der Waals surface area (Å²) in [6.45, 7) is 5.53. The second-order valence-electron chi connectivity index (χ2n) is 5.20. The summed E-state index contributed by atoms with van der Waals surface area (Å²) in [7, 11) is -3.81. The van der Waals surface area contributed by atoms with Crippen LogP contribution in [0.5, 0.6) is 0 Å². The maximum atomic E-state index is 11.9. The summed E-state index contributed by atoms with van der Waals surface area (Å²) < 4.78 is 22.8. The van der Waals surface area contributed by atoms with E-state index in [1.54, 1.807) is 13.0 Å². The van der Waals surface area contributed by atoms with Crippen LogP contribution in [-0.4, -0.2) is 20.4 Å². The molecule has 0 aliphatic rings. The number of sulfonamides is 1. The maximum absolute atomic E-state index is 11.9. The van der Waals surface area contributed by atoms with E-state index >= 15 is 0 Å². The molecule has 1 amide bonds. The predicted molar refractivity (Wildman–Crippen MR) is 78.6 cm³/mol. The first-order valence-corrected chi connectivity index (χ1v) is 7.86. The monoisotopic (exact) mass is 299 g/mol. The van der Waals surface area contributed by atoms with Crippen LogP contribution in [0.25, 0.3) is 0 Å². The molecule has 0 fully saturated rings. The number of nitrogens with one attached hydrogen (secondary N) is 1. The van der Waals surface area contributed by atoms with Gasteiger partial charge in [-0.3, -0.25) is 4.79 Å². The van der Waals surface area contributed by atoms with E-state index in [1.165, 1.54) is 12.1 Å². The molecule has 0 aliphatic heterocycles. The molecule has 5 N–H and O–H groups in total. The van der Waals surface area contributed by atoms with Crippen molar-refractivity contribution in [2.45, 2.75) is 38.1 Å². The van der Waals surface area contributed by atoms with Gasteiger partial charge in [-0.15, -0.1) is 0 Å². The van der Waals surface area contributed by atoms with Crippen LogP contribution in [0.4, 0.5) is 5.69 Å². The van der Waals surface area contributed by atoms with Gasteiger partial charge in [0.2, 0.25) is 15.9 Å². The van der Waals surface area contributed by atoms with Gasteiger partial charge < -0.3 is 11.1 Å². The van der Waals surface area contributed by atoms with Crippen LogP contribution >= 0.6 is 0 Å². The van der Waals surface area contributed by atoms with Crippen LogP contribution in [0.1, 0.15) is 25.8 Å². The molecule has 20 heavy (non-hydrogen) atoms. The minimum Gasteiger partial charge on any atom is -0.324 e. The van der Waals surface area contributed by atoms with Crippen LogP contribution in [0.3, 0.4) is 0 Å². The number of amides is 1. The molecular formula is C13H21N3O3S. The Bertz CT molecular complexity index is 597. The number of benzene rings is 1. The first-order chi connectivity index (χ1) is 9.12. The standard InChI is InChI=1S/C13H21N3O3S/c1-8(2)7-10(14)13(17)16-11-5-4-6-12(9(11)3)20(15,18)19/h4-6,8,10H,7,14H2,1-3H3,(H,16,17)(H2,15,18,19)/t10-/m1/s1. The fourth-order valence-electron chi connectivity index (χ4n) is 1.90. The highest BCUT2D eigenvalue weighted by molar-refractivity contribution is 7.89. The SMILES string of the molecule is Cc1c(NC(=O)[C@H](N)CC(C)C)cccc1S(N)(=O)=O. The van der Waals surface area contributed by atoms with Crippen molar-refractivity contribution in [1.82, 2.24) is 0 Å². The molecule has 0 unspecified atom stereocenters. The summed E-state index contributed by atoms with van der Waals surface area (Å²) in [5.74, 6) is -0.0408. The smallest absolute Gasteiger partial charge is 0.241 e. The summed E-state index contributed by atoms with van der Waals surface area (Å²) >= 11 is 0. The van der Waals surface area contributed by atoms with Crippen molar-refractivity contribution < 1.29 is 13.2 Å². The number of hydrogen-bond acceptors (Lipinski definition) is 4. The molecule has 0 bridgehead atoms. The van der Waals surface area contributed by atoms with E-state index in [-0.39, 0.29) is 10.8 Å². The lowest BCUT2D eigenvalue weighted by Gasteiger charge is -2.16. The fourth-order valence-corrected chi connectivity index (χ4v) is 2.70. The molecule has 1 atom stereocenters. The van der Waals surface area contributed by atoms with Crippen molar-refractivity contribution in [2.24, 2.45) is 16.8 Å². The van der Waals surface area contributed by atoms with E-state index in [0.717, 1.165) is 0 Å². The number of rotatable bonds is 5. The minimum absolute atomic E-state index is 0.00673. The van der Waals surface area contributed by atoms with Gasteiger partial charge in [-0.25, -0.2) is 13.6 Å². The number of hydrogen-bond donors (Lipinski definition) is 3. The lowest BCUT2D eigenvalue weighted by Crippen LogP contribution is -2.36. The van der Waals surface area contributed by atoms with Crippen LogP contribution < -0.4 is 16.2 Å². The Labute approximate surface area is 119 Å². The molecule has 0 saturated carbocycles. The Hall–Kier alpha value is -1.44. The number of nitrogens with two attached hydrogens (primary N) is 2. The van der Waals surface area contributed by atoms with Gasteiger partial charge in [0.25, 0.3) is 0 Å². The predicted octanol–water partition coefficient (Wildman–Crippen LogP) is 0.954. The van der Waals surface area contributed by atoms with Crippen molar-refractivity contribution >= 4 is 21.6 Å². The van der Waals surface area contributed by atoms with Crippen molar-refractivity contribution in [3.63, 3.8) is 0 Å². The summed E-state index contributed by atoms with van der Waals surface area (Å²) in [5.41, 5.74) is 6.59. The lowest BCUT2D eigenvalue weighted by molar-refractivity contribution is -0.117. The molecule has 0 aromatic heterocycles. The Morgan fingerprint density at radius 3 is 2.45 bits per heavy atom. The summed E-state index contributed by atoms with van der Waals surface area (Å²) in [5, 5.41) is 7.76. The molecular weight excluding hydrogens is 278 g/mol. The highest BCUT2D eigenvalue weighted by Crippen LogP contribution is 2.22. The van der Waals surface area contributed by atoms with Gasteiger partial charge in [0, 0.05) is 5.69 Å². The van der Waals surface area contributed by atoms with Gasteiger partial charge >= 0.3 is 0 Å². The van der Waals surface area contributed by atoms with Gasteiger partial charge in [0.05, 0.1) is 10.9 Å². The largest absolute Gasteiger partial charge is 0.324 e. The van der Waals surface area contributed by atoms with Crippen molar-refractivity contribution in [2.75, 3.05) is 5.32 Å². The van der Waals surface area contributed by atoms with Crippen LogP contribution in [0.15, 0.2) is 23.1 Å². The van der Waals surface area contributed by atoms with Crippen molar-refractivity contribution in [1.29, 1.82) is 0 Å². The molecule has 1 aromatic rings. The third-order valence-electron chi connectivity index (χ3n) is 2.91. The van der Waals surface area contributed by atoms with Crippen molar-refractivity contribution in [3.8, 4) is 0 Å². The third-order valence-corrected chi connectivity index (χ3v) is 3.97. The summed E-state index contributed by atoms with van der Waals surface area (Å²) in [4.78, 5) is 11.9.